The standard InChI is InChI=1S/C11H13N5O2/c1-2-18-11-14-10(15-16-11)13-9(17)6-8-4-3-5-12-7-8/h3-5,7H,2,6H2,1H3,(H2,13,14,15,16,17). The first-order chi connectivity index (χ1) is 8.78. The fourth-order valence-corrected chi connectivity index (χ4v) is 1.36. The maximum atomic E-state index is 11.7. The van der Waals surface area contributed by atoms with Gasteiger partial charge in [0.1, 0.15) is 0 Å². The highest BCUT2D eigenvalue weighted by molar-refractivity contribution is 5.90. The molecule has 94 valence electrons. The van der Waals surface area contributed by atoms with Gasteiger partial charge in [0.2, 0.25) is 11.9 Å². The SMILES string of the molecule is CCOc1n[nH]c(NC(=O)Cc2cccnc2)n1. The van der Waals surface area contributed by atoms with Crippen LogP contribution in [0.1, 0.15) is 12.5 Å². The van der Waals surface area contributed by atoms with Crippen molar-refractivity contribution in [2.45, 2.75) is 13.3 Å². The third kappa shape index (κ3) is 3.27. The number of rotatable bonds is 5. The molecule has 0 bridgehead atoms. The van der Waals surface area contributed by atoms with Crippen LogP contribution >= 0.6 is 0 Å². The zero-order valence-electron chi connectivity index (χ0n) is 9.88. The van der Waals surface area contributed by atoms with E-state index in [4.69, 9.17) is 4.74 Å². The molecule has 0 unspecified atom stereocenters. The number of hydrogen-bond acceptors (Lipinski definition) is 5. The third-order valence-electron chi connectivity index (χ3n) is 2.08. The van der Waals surface area contributed by atoms with Crippen LogP contribution in [0.2, 0.25) is 0 Å². The molecule has 7 nitrogen and oxygen atoms in total. The van der Waals surface area contributed by atoms with Crippen molar-refractivity contribution >= 4 is 11.9 Å². The van der Waals surface area contributed by atoms with Crippen molar-refractivity contribution in [3.8, 4) is 6.01 Å². The van der Waals surface area contributed by atoms with Gasteiger partial charge in [0.05, 0.1) is 13.0 Å². The molecule has 0 atom stereocenters. The van der Waals surface area contributed by atoms with Crippen molar-refractivity contribution in [3.63, 3.8) is 0 Å². The van der Waals surface area contributed by atoms with Crippen LogP contribution in [0.3, 0.4) is 0 Å². The van der Waals surface area contributed by atoms with E-state index >= 15 is 0 Å². The zero-order chi connectivity index (χ0) is 12.8. The van der Waals surface area contributed by atoms with Gasteiger partial charge in [0.25, 0.3) is 0 Å². The predicted octanol–water partition coefficient (Wildman–Crippen LogP) is 0.780. The van der Waals surface area contributed by atoms with Gasteiger partial charge < -0.3 is 4.74 Å². The smallest absolute Gasteiger partial charge is 0.337 e. The summed E-state index contributed by atoms with van der Waals surface area (Å²) in [6, 6.07) is 3.83. The summed E-state index contributed by atoms with van der Waals surface area (Å²) in [7, 11) is 0. The molecule has 2 aromatic rings. The molecule has 2 rings (SSSR count). The fourth-order valence-electron chi connectivity index (χ4n) is 1.36. The minimum Gasteiger partial charge on any atom is -0.463 e. The first-order valence-corrected chi connectivity index (χ1v) is 5.52. The fraction of sp³-hybridized carbons (Fsp3) is 0.273. The molecule has 1 amide bonds. The summed E-state index contributed by atoms with van der Waals surface area (Å²) in [5.41, 5.74) is 0.833. The monoisotopic (exact) mass is 247 g/mol. The van der Waals surface area contributed by atoms with Gasteiger partial charge in [-0.05, 0) is 18.6 Å². The van der Waals surface area contributed by atoms with Crippen LogP contribution in [0, 0.1) is 0 Å². The lowest BCUT2D eigenvalue weighted by molar-refractivity contribution is -0.115. The first-order valence-electron chi connectivity index (χ1n) is 5.52. The Labute approximate surface area is 104 Å². The molecule has 18 heavy (non-hydrogen) atoms. The molecule has 0 fully saturated rings. The number of carbonyl (C=O) groups is 1. The summed E-state index contributed by atoms with van der Waals surface area (Å²) < 4.78 is 5.07. The highest BCUT2D eigenvalue weighted by Gasteiger charge is 2.08. The van der Waals surface area contributed by atoms with Gasteiger partial charge in [-0.25, -0.2) is 5.10 Å². The van der Waals surface area contributed by atoms with E-state index in [0.29, 0.717) is 6.61 Å². The molecular weight excluding hydrogens is 234 g/mol. The molecule has 0 aliphatic heterocycles. The second-order valence-electron chi connectivity index (χ2n) is 3.49. The Balaban J connectivity index is 1.90. The summed E-state index contributed by atoms with van der Waals surface area (Å²) >= 11 is 0. The van der Waals surface area contributed by atoms with E-state index in [2.05, 4.69) is 25.5 Å². The van der Waals surface area contributed by atoms with Gasteiger partial charge in [0.15, 0.2) is 0 Å². The number of ether oxygens (including phenoxy) is 1. The zero-order valence-corrected chi connectivity index (χ0v) is 9.88. The summed E-state index contributed by atoms with van der Waals surface area (Å²) in [5, 5.41) is 8.95. The number of carbonyl (C=O) groups excluding carboxylic acids is 1. The van der Waals surface area contributed by atoms with Crippen molar-refractivity contribution in [1.82, 2.24) is 20.2 Å². The maximum Gasteiger partial charge on any atom is 0.337 e. The summed E-state index contributed by atoms with van der Waals surface area (Å²) in [5.74, 6) is 0.0783. The van der Waals surface area contributed by atoms with E-state index in [-0.39, 0.29) is 24.3 Å². The summed E-state index contributed by atoms with van der Waals surface area (Å²) in [4.78, 5) is 19.6. The molecule has 0 aliphatic carbocycles. The molecule has 2 aromatic heterocycles. The van der Waals surface area contributed by atoms with Gasteiger partial charge in [-0.1, -0.05) is 6.07 Å². The predicted molar refractivity (Wildman–Crippen MR) is 64.1 cm³/mol. The number of nitrogens with zero attached hydrogens (tertiary/aromatic N) is 3. The van der Waals surface area contributed by atoms with E-state index < -0.39 is 0 Å². The molecule has 2 N–H and O–H groups in total. The summed E-state index contributed by atoms with van der Waals surface area (Å²) in [6.07, 6.45) is 3.54. The number of anilines is 1. The van der Waals surface area contributed by atoms with Crippen LogP contribution in [0.25, 0.3) is 0 Å². The number of pyridine rings is 1. The lowest BCUT2D eigenvalue weighted by Crippen LogP contribution is -2.15. The number of hydrogen-bond donors (Lipinski definition) is 2. The number of nitrogens with one attached hydrogen (secondary N) is 2. The van der Waals surface area contributed by atoms with Crippen LogP contribution in [-0.4, -0.2) is 32.7 Å². The summed E-state index contributed by atoms with van der Waals surface area (Å²) in [6.45, 7) is 2.30. The quantitative estimate of drug-likeness (QED) is 0.814. The normalized spacial score (nSPS) is 10.1. The number of H-pyrrole nitrogens is 1. The van der Waals surface area contributed by atoms with Crippen LogP contribution in [0.5, 0.6) is 6.01 Å². The average molecular weight is 247 g/mol. The number of aromatic nitrogens is 4. The van der Waals surface area contributed by atoms with Crippen LogP contribution in [0.4, 0.5) is 5.95 Å². The Morgan fingerprint density at radius 3 is 3.17 bits per heavy atom. The van der Waals surface area contributed by atoms with Gasteiger partial charge in [-0.15, -0.1) is 5.10 Å². The largest absolute Gasteiger partial charge is 0.463 e. The van der Waals surface area contributed by atoms with Crippen LogP contribution in [-0.2, 0) is 11.2 Å². The molecule has 7 heteroatoms. The van der Waals surface area contributed by atoms with E-state index in [0.717, 1.165) is 5.56 Å². The van der Waals surface area contributed by atoms with Crippen LogP contribution in [0.15, 0.2) is 24.5 Å². The molecule has 0 saturated carbocycles. The van der Waals surface area contributed by atoms with E-state index in [1.807, 2.05) is 13.0 Å². The van der Waals surface area contributed by atoms with Crippen molar-refractivity contribution in [2.75, 3.05) is 11.9 Å². The molecule has 0 aliphatic rings. The Bertz CT molecular complexity index is 511. The minimum atomic E-state index is -0.192. The van der Waals surface area contributed by atoms with Crippen molar-refractivity contribution in [2.24, 2.45) is 0 Å². The topological polar surface area (TPSA) is 92.8 Å². The third-order valence-corrected chi connectivity index (χ3v) is 2.08. The van der Waals surface area contributed by atoms with Gasteiger partial charge in [-0.2, -0.15) is 4.98 Å². The van der Waals surface area contributed by atoms with Gasteiger partial charge >= 0.3 is 6.01 Å². The lowest BCUT2D eigenvalue weighted by Gasteiger charge is -2.00. The Morgan fingerprint density at radius 2 is 2.44 bits per heavy atom. The minimum absolute atomic E-state index is 0.192. The van der Waals surface area contributed by atoms with Crippen molar-refractivity contribution in [3.05, 3.63) is 30.1 Å². The molecule has 0 aromatic carbocycles. The van der Waals surface area contributed by atoms with Gasteiger partial charge in [-0.3, -0.25) is 15.1 Å². The molecule has 2 heterocycles. The average Bonchev–Trinajstić information content (AvgIpc) is 2.78. The number of amides is 1. The maximum absolute atomic E-state index is 11.7. The van der Waals surface area contributed by atoms with E-state index in [9.17, 15) is 4.79 Å². The highest BCUT2D eigenvalue weighted by Crippen LogP contribution is 2.06. The van der Waals surface area contributed by atoms with Crippen molar-refractivity contribution < 1.29 is 9.53 Å². The van der Waals surface area contributed by atoms with Crippen LogP contribution < -0.4 is 10.1 Å². The second kappa shape index (κ2) is 5.76. The van der Waals surface area contributed by atoms with Crippen molar-refractivity contribution in [1.29, 1.82) is 0 Å². The first kappa shape index (κ1) is 12.0. The van der Waals surface area contributed by atoms with E-state index in [1.54, 1.807) is 18.5 Å². The Morgan fingerprint density at radius 1 is 1.56 bits per heavy atom. The number of aromatic amines is 1. The lowest BCUT2D eigenvalue weighted by atomic mass is 10.2. The molecule has 0 spiro atoms. The highest BCUT2D eigenvalue weighted by atomic mass is 16.5. The Hall–Kier alpha value is -2.44. The molecule has 0 radical (unpaired) electrons. The molecule has 0 saturated heterocycles. The Kier molecular flexibility index (Phi) is 3.85. The van der Waals surface area contributed by atoms with Gasteiger partial charge in [0, 0.05) is 12.4 Å². The second-order valence-corrected chi connectivity index (χ2v) is 3.49. The molecular formula is C11H13N5O2. The van der Waals surface area contributed by atoms with E-state index in [1.165, 1.54) is 0 Å².